The monoisotopic (exact) mass is 270 g/mol. The predicted octanol–water partition coefficient (Wildman–Crippen LogP) is 2.47. The Morgan fingerprint density at radius 3 is 2.42 bits per heavy atom. The van der Waals surface area contributed by atoms with E-state index in [0.29, 0.717) is 6.07 Å². The molecule has 0 aliphatic rings. The molecule has 0 atom stereocenters. The molecule has 0 bridgehead atoms. The van der Waals surface area contributed by atoms with Crippen LogP contribution in [0, 0.1) is 6.92 Å². The second-order valence-electron chi connectivity index (χ2n) is 3.99. The van der Waals surface area contributed by atoms with Crippen LogP contribution >= 0.6 is 0 Å². The van der Waals surface area contributed by atoms with Gasteiger partial charge in [-0.1, -0.05) is 0 Å². The van der Waals surface area contributed by atoms with Crippen molar-refractivity contribution in [3.05, 3.63) is 45.7 Å². The minimum absolute atomic E-state index is 0.157. The normalized spacial score (nSPS) is 11.6. The highest BCUT2D eigenvalue weighted by atomic mass is 19.4. The van der Waals surface area contributed by atoms with Gasteiger partial charge in [-0.3, -0.25) is 4.79 Å². The van der Waals surface area contributed by atoms with Crippen LogP contribution in [0.3, 0.4) is 0 Å². The van der Waals surface area contributed by atoms with E-state index in [1.807, 2.05) is 0 Å². The van der Waals surface area contributed by atoms with Crippen molar-refractivity contribution in [3.8, 4) is 17.0 Å². The van der Waals surface area contributed by atoms with Crippen molar-refractivity contribution in [1.82, 2.24) is 10.2 Å². The third-order valence-electron chi connectivity index (χ3n) is 2.58. The number of benzene rings is 1. The third kappa shape index (κ3) is 2.59. The van der Waals surface area contributed by atoms with Gasteiger partial charge in [0, 0.05) is 11.6 Å². The molecule has 0 radical (unpaired) electrons. The molecular weight excluding hydrogens is 261 g/mol. The average molecular weight is 270 g/mol. The van der Waals surface area contributed by atoms with Crippen molar-refractivity contribution in [3.63, 3.8) is 0 Å². The van der Waals surface area contributed by atoms with Crippen molar-refractivity contribution in [1.29, 1.82) is 0 Å². The number of nitrogens with zero attached hydrogens (tertiary/aromatic N) is 1. The highest BCUT2D eigenvalue weighted by molar-refractivity contribution is 5.71. The number of halogens is 3. The zero-order chi connectivity index (χ0) is 14.2. The minimum atomic E-state index is -4.53. The number of aromatic amines is 1. The Bertz CT molecular complexity index is 634. The number of alkyl halides is 3. The summed E-state index contributed by atoms with van der Waals surface area (Å²) in [6, 6.07) is 4.06. The Labute approximate surface area is 105 Å². The highest BCUT2D eigenvalue weighted by Gasteiger charge is 2.32. The Hall–Kier alpha value is -2.31. The summed E-state index contributed by atoms with van der Waals surface area (Å²) >= 11 is 0. The first-order valence-electron chi connectivity index (χ1n) is 5.26. The first-order valence-corrected chi connectivity index (χ1v) is 5.26. The van der Waals surface area contributed by atoms with Gasteiger partial charge < -0.3 is 5.11 Å². The lowest BCUT2D eigenvalue weighted by molar-refractivity contribution is -0.137. The largest absolute Gasteiger partial charge is 0.507 e. The molecule has 0 unspecified atom stereocenters. The van der Waals surface area contributed by atoms with E-state index in [1.165, 1.54) is 19.1 Å². The van der Waals surface area contributed by atoms with Gasteiger partial charge in [0.05, 0.1) is 11.3 Å². The van der Waals surface area contributed by atoms with Crippen LogP contribution in [0.15, 0.2) is 29.1 Å². The summed E-state index contributed by atoms with van der Waals surface area (Å²) < 4.78 is 37.7. The summed E-state index contributed by atoms with van der Waals surface area (Å²) in [6.45, 7) is 1.43. The second-order valence-corrected chi connectivity index (χ2v) is 3.99. The molecule has 2 rings (SSSR count). The standard InChI is InChI=1S/C12H9F3N2O2/c1-6-4-7(12(13,14)15)5-9(18)11(6)8-2-3-10(19)17-16-8/h2-5,18H,1H3,(H,17,19). The van der Waals surface area contributed by atoms with Crippen molar-refractivity contribution < 1.29 is 18.3 Å². The first-order chi connectivity index (χ1) is 8.79. The van der Waals surface area contributed by atoms with E-state index in [9.17, 15) is 23.1 Å². The molecule has 0 spiro atoms. The number of rotatable bonds is 1. The van der Waals surface area contributed by atoms with Gasteiger partial charge in [0.1, 0.15) is 5.75 Å². The van der Waals surface area contributed by atoms with Gasteiger partial charge in [-0.05, 0) is 30.7 Å². The van der Waals surface area contributed by atoms with E-state index in [0.717, 1.165) is 6.07 Å². The van der Waals surface area contributed by atoms with Crippen LogP contribution in [0.1, 0.15) is 11.1 Å². The maximum absolute atomic E-state index is 12.6. The van der Waals surface area contributed by atoms with Crippen molar-refractivity contribution in [2.24, 2.45) is 0 Å². The van der Waals surface area contributed by atoms with Crippen LogP contribution in [0.5, 0.6) is 5.75 Å². The lowest BCUT2D eigenvalue weighted by atomic mass is 10.0. The molecule has 1 aromatic carbocycles. The van der Waals surface area contributed by atoms with Crippen molar-refractivity contribution in [2.45, 2.75) is 13.1 Å². The molecule has 19 heavy (non-hydrogen) atoms. The summed E-state index contributed by atoms with van der Waals surface area (Å²) in [5, 5.41) is 15.6. The van der Waals surface area contributed by atoms with Gasteiger partial charge in [0.2, 0.25) is 0 Å². The molecule has 0 saturated carbocycles. The number of nitrogens with one attached hydrogen (secondary N) is 1. The van der Waals surface area contributed by atoms with Gasteiger partial charge in [0.25, 0.3) is 5.56 Å². The average Bonchev–Trinajstić information content (AvgIpc) is 2.29. The zero-order valence-electron chi connectivity index (χ0n) is 9.75. The number of aromatic nitrogens is 2. The summed E-state index contributed by atoms with van der Waals surface area (Å²) in [4.78, 5) is 10.9. The Balaban J connectivity index is 2.60. The molecule has 0 fully saturated rings. The fourth-order valence-electron chi connectivity index (χ4n) is 1.75. The first kappa shape index (κ1) is 13.1. The molecule has 4 nitrogen and oxygen atoms in total. The quantitative estimate of drug-likeness (QED) is 0.836. The molecule has 0 saturated heterocycles. The fraction of sp³-hybridized carbons (Fsp3) is 0.167. The summed E-state index contributed by atoms with van der Waals surface area (Å²) in [5.41, 5.74) is -0.803. The zero-order valence-corrected chi connectivity index (χ0v) is 9.75. The number of H-pyrrole nitrogens is 1. The highest BCUT2D eigenvalue weighted by Crippen LogP contribution is 2.37. The van der Waals surface area contributed by atoms with E-state index >= 15 is 0 Å². The van der Waals surface area contributed by atoms with Crippen LogP contribution in [0.25, 0.3) is 11.3 Å². The maximum Gasteiger partial charge on any atom is 0.416 e. The van der Waals surface area contributed by atoms with E-state index in [2.05, 4.69) is 10.2 Å². The predicted molar refractivity (Wildman–Crippen MR) is 61.7 cm³/mol. The van der Waals surface area contributed by atoms with Gasteiger partial charge in [-0.25, -0.2) is 5.10 Å². The van der Waals surface area contributed by atoms with Gasteiger partial charge >= 0.3 is 6.18 Å². The molecule has 0 aliphatic heterocycles. The number of hydrogen-bond donors (Lipinski definition) is 2. The number of hydrogen-bond acceptors (Lipinski definition) is 3. The van der Waals surface area contributed by atoms with Crippen LogP contribution < -0.4 is 5.56 Å². The lowest BCUT2D eigenvalue weighted by Crippen LogP contribution is -2.08. The minimum Gasteiger partial charge on any atom is -0.507 e. The van der Waals surface area contributed by atoms with Gasteiger partial charge in [-0.2, -0.15) is 18.3 Å². The number of aromatic hydroxyl groups is 1. The molecule has 100 valence electrons. The summed E-state index contributed by atoms with van der Waals surface area (Å²) in [6.07, 6.45) is -4.53. The molecule has 0 amide bonds. The third-order valence-corrected chi connectivity index (χ3v) is 2.58. The molecular formula is C12H9F3N2O2. The van der Waals surface area contributed by atoms with Crippen LogP contribution in [0.4, 0.5) is 13.2 Å². The van der Waals surface area contributed by atoms with E-state index < -0.39 is 23.0 Å². The van der Waals surface area contributed by atoms with E-state index in [1.54, 1.807) is 0 Å². The van der Waals surface area contributed by atoms with Crippen LogP contribution in [0.2, 0.25) is 0 Å². The van der Waals surface area contributed by atoms with Crippen molar-refractivity contribution in [2.75, 3.05) is 0 Å². The summed E-state index contributed by atoms with van der Waals surface area (Å²) in [5.74, 6) is -0.535. The SMILES string of the molecule is Cc1cc(C(F)(F)F)cc(O)c1-c1ccc(=O)[nH]n1. The summed E-state index contributed by atoms with van der Waals surface area (Å²) in [7, 11) is 0. The van der Waals surface area contributed by atoms with Crippen molar-refractivity contribution >= 4 is 0 Å². The molecule has 1 heterocycles. The Morgan fingerprint density at radius 1 is 1.26 bits per heavy atom. The van der Waals surface area contributed by atoms with E-state index in [-0.39, 0.29) is 16.8 Å². The number of phenolic OH excluding ortho intramolecular Hbond substituents is 1. The number of aryl methyl sites for hydroxylation is 1. The van der Waals surface area contributed by atoms with Gasteiger partial charge in [-0.15, -0.1) is 0 Å². The van der Waals surface area contributed by atoms with Gasteiger partial charge in [0.15, 0.2) is 0 Å². The molecule has 2 aromatic rings. The van der Waals surface area contributed by atoms with Crippen LogP contribution in [-0.2, 0) is 6.18 Å². The fourth-order valence-corrected chi connectivity index (χ4v) is 1.75. The maximum atomic E-state index is 12.6. The van der Waals surface area contributed by atoms with E-state index in [4.69, 9.17) is 0 Å². The smallest absolute Gasteiger partial charge is 0.416 e. The topological polar surface area (TPSA) is 66.0 Å². The molecule has 7 heteroatoms. The molecule has 0 aliphatic carbocycles. The number of phenols is 1. The Kier molecular flexibility index (Phi) is 3.05. The van der Waals surface area contributed by atoms with Crippen LogP contribution in [-0.4, -0.2) is 15.3 Å². The molecule has 2 N–H and O–H groups in total. The Morgan fingerprint density at radius 2 is 1.95 bits per heavy atom. The second kappa shape index (κ2) is 4.42. The lowest BCUT2D eigenvalue weighted by Gasteiger charge is -2.12. The molecule has 1 aromatic heterocycles.